The van der Waals surface area contributed by atoms with E-state index < -0.39 is 0 Å². The van der Waals surface area contributed by atoms with Crippen molar-refractivity contribution in [2.75, 3.05) is 6.54 Å². The molecule has 5 nitrogen and oxygen atoms in total. The van der Waals surface area contributed by atoms with Crippen molar-refractivity contribution in [3.63, 3.8) is 0 Å². The number of aldehydes is 1. The molecule has 1 aliphatic rings. The van der Waals surface area contributed by atoms with E-state index >= 15 is 0 Å². The first-order chi connectivity index (χ1) is 6.81. The highest BCUT2D eigenvalue weighted by molar-refractivity contribution is 5.77. The summed E-state index contributed by atoms with van der Waals surface area (Å²) in [5.74, 6) is 0.0778. The van der Waals surface area contributed by atoms with Gasteiger partial charge in [0.1, 0.15) is 5.69 Å². The summed E-state index contributed by atoms with van der Waals surface area (Å²) in [5.41, 5.74) is 0.561. The Morgan fingerprint density at radius 3 is 3.14 bits per heavy atom. The lowest BCUT2D eigenvalue weighted by atomic mass is 10.1. The first-order valence-corrected chi connectivity index (χ1v) is 4.55. The van der Waals surface area contributed by atoms with Crippen molar-refractivity contribution in [3.05, 3.63) is 18.2 Å². The fourth-order valence-corrected chi connectivity index (χ4v) is 1.67. The van der Waals surface area contributed by atoms with Crippen molar-refractivity contribution in [2.45, 2.75) is 18.9 Å². The molecule has 1 unspecified atom stereocenters. The molecule has 74 valence electrons. The smallest absolute Gasteiger partial charge is 0.220 e. The van der Waals surface area contributed by atoms with Gasteiger partial charge in [-0.3, -0.25) is 9.59 Å². The molecule has 1 fully saturated rings. The van der Waals surface area contributed by atoms with E-state index in [1.165, 1.54) is 6.20 Å². The molecule has 0 aliphatic carbocycles. The van der Waals surface area contributed by atoms with Crippen LogP contribution in [0.4, 0.5) is 0 Å². The van der Waals surface area contributed by atoms with Crippen molar-refractivity contribution in [1.82, 2.24) is 14.9 Å². The number of aromatic nitrogens is 2. The Kier molecular flexibility index (Phi) is 2.30. The maximum Gasteiger partial charge on any atom is 0.220 e. The van der Waals surface area contributed by atoms with Gasteiger partial charge in [0, 0.05) is 13.0 Å². The lowest BCUT2D eigenvalue weighted by molar-refractivity contribution is -0.122. The van der Waals surface area contributed by atoms with Crippen LogP contribution in [0.25, 0.3) is 0 Å². The molecule has 0 aromatic carbocycles. The monoisotopic (exact) mass is 193 g/mol. The number of carbonyl (C=O) groups excluding carboxylic acids is 2. The number of amides is 1. The van der Waals surface area contributed by atoms with E-state index in [1.807, 2.05) is 4.57 Å². The van der Waals surface area contributed by atoms with Gasteiger partial charge in [-0.05, 0) is 6.42 Å². The minimum atomic E-state index is 0.0778. The van der Waals surface area contributed by atoms with E-state index in [4.69, 9.17) is 0 Å². The first kappa shape index (κ1) is 8.93. The van der Waals surface area contributed by atoms with E-state index in [0.29, 0.717) is 18.7 Å². The Labute approximate surface area is 81.1 Å². The predicted octanol–water partition coefficient (Wildman–Crippen LogP) is 0.147. The van der Waals surface area contributed by atoms with Gasteiger partial charge in [0.15, 0.2) is 6.29 Å². The Bertz CT molecular complexity index is 349. The molecule has 1 saturated heterocycles. The highest BCUT2D eigenvalue weighted by Gasteiger charge is 2.20. The van der Waals surface area contributed by atoms with Crippen LogP contribution in [-0.4, -0.2) is 28.3 Å². The zero-order valence-corrected chi connectivity index (χ0v) is 7.64. The van der Waals surface area contributed by atoms with Crippen LogP contribution >= 0.6 is 0 Å². The summed E-state index contributed by atoms with van der Waals surface area (Å²) in [5, 5.41) is 2.77. The van der Waals surface area contributed by atoms with Gasteiger partial charge in [0.25, 0.3) is 0 Å². The Morgan fingerprint density at radius 2 is 2.50 bits per heavy atom. The number of hydrogen-bond donors (Lipinski definition) is 1. The molecule has 0 spiro atoms. The molecule has 5 heteroatoms. The Hall–Kier alpha value is -1.65. The molecule has 1 aromatic rings. The average Bonchev–Trinajstić information content (AvgIpc) is 2.67. The normalized spacial score (nSPS) is 21.7. The van der Waals surface area contributed by atoms with Gasteiger partial charge in [-0.1, -0.05) is 0 Å². The second-order valence-corrected chi connectivity index (χ2v) is 3.34. The summed E-state index contributed by atoms with van der Waals surface area (Å²) >= 11 is 0. The molecular formula is C9H11N3O2. The molecule has 14 heavy (non-hydrogen) atoms. The standard InChI is InChI=1S/C9H11N3O2/c13-5-8-3-10-6-12(8)7-1-2-9(14)11-4-7/h3,5-7H,1-2,4H2,(H,11,14). The molecule has 1 N–H and O–H groups in total. The van der Waals surface area contributed by atoms with Crippen LogP contribution in [0.1, 0.15) is 29.4 Å². The van der Waals surface area contributed by atoms with Gasteiger partial charge < -0.3 is 9.88 Å². The highest BCUT2D eigenvalue weighted by atomic mass is 16.1. The molecule has 1 aliphatic heterocycles. The number of nitrogens with zero attached hydrogens (tertiary/aromatic N) is 2. The predicted molar refractivity (Wildman–Crippen MR) is 48.9 cm³/mol. The van der Waals surface area contributed by atoms with Gasteiger partial charge in [-0.25, -0.2) is 4.98 Å². The maximum absolute atomic E-state index is 10.9. The number of imidazole rings is 1. The summed E-state index contributed by atoms with van der Waals surface area (Å²) in [6.07, 6.45) is 5.23. The minimum Gasteiger partial charge on any atom is -0.354 e. The minimum absolute atomic E-state index is 0.0778. The summed E-state index contributed by atoms with van der Waals surface area (Å²) in [6.45, 7) is 0.579. The Morgan fingerprint density at radius 1 is 1.64 bits per heavy atom. The van der Waals surface area contributed by atoms with Crippen molar-refractivity contribution < 1.29 is 9.59 Å². The van der Waals surface area contributed by atoms with Gasteiger partial charge in [0.05, 0.1) is 18.6 Å². The number of piperidine rings is 1. The molecule has 2 heterocycles. The van der Waals surface area contributed by atoms with Crippen LogP contribution in [0.2, 0.25) is 0 Å². The van der Waals surface area contributed by atoms with Gasteiger partial charge in [-0.2, -0.15) is 0 Å². The molecule has 1 atom stereocenters. The number of carbonyl (C=O) groups is 2. The molecule has 0 bridgehead atoms. The van der Waals surface area contributed by atoms with E-state index in [2.05, 4.69) is 10.3 Å². The molecular weight excluding hydrogens is 182 g/mol. The quantitative estimate of drug-likeness (QED) is 0.680. The molecule has 2 rings (SSSR count). The fourth-order valence-electron chi connectivity index (χ4n) is 1.67. The molecule has 1 amide bonds. The van der Waals surface area contributed by atoms with Crippen LogP contribution < -0.4 is 5.32 Å². The van der Waals surface area contributed by atoms with Crippen LogP contribution in [0.5, 0.6) is 0 Å². The zero-order valence-electron chi connectivity index (χ0n) is 7.64. The fraction of sp³-hybridized carbons (Fsp3) is 0.444. The van der Waals surface area contributed by atoms with E-state index in [-0.39, 0.29) is 11.9 Å². The second-order valence-electron chi connectivity index (χ2n) is 3.34. The largest absolute Gasteiger partial charge is 0.354 e. The SMILES string of the molecule is O=Cc1cncn1C1CCC(=O)NC1. The van der Waals surface area contributed by atoms with Crippen molar-refractivity contribution in [1.29, 1.82) is 0 Å². The van der Waals surface area contributed by atoms with Crippen LogP contribution in [0.15, 0.2) is 12.5 Å². The van der Waals surface area contributed by atoms with Crippen LogP contribution in [-0.2, 0) is 4.79 Å². The number of nitrogens with one attached hydrogen (secondary N) is 1. The van der Waals surface area contributed by atoms with E-state index in [9.17, 15) is 9.59 Å². The Balaban J connectivity index is 2.15. The average molecular weight is 193 g/mol. The number of hydrogen-bond acceptors (Lipinski definition) is 3. The lowest BCUT2D eigenvalue weighted by Crippen LogP contribution is -2.36. The third-order valence-corrected chi connectivity index (χ3v) is 2.45. The van der Waals surface area contributed by atoms with Crippen LogP contribution in [0, 0.1) is 0 Å². The van der Waals surface area contributed by atoms with E-state index in [0.717, 1.165) is 12.7 Å². The van der Waals surface area contributed by atoms with Gasteiger partial charge in [0.2, 0.25) is 5.91 Å². The van der Waals surface area contributed by atoms with Crippen molar-refractivity contribution in [3.8, 4) is 0 Å². The molecule has 1 aromatic heterocycles. The maximum atomic E-state index is 10.9. The summed E-state index contributed by atoms with van der Waals surface area (Å²) in [4.78, 5) is 25.5. The van der Waals surface area contributed by atoms with Gasteiger partial charge in [-0.15, -0.1) is 0 Å². The van der Waals surface area contributed by atoms with Crippen molar-refractivity contribution in [2.24, 2.45) is 0 Å². The molecule has 0 saturated carbocycles. The van der Waals surface area contributed by atoms with Gasteiger partial charge >= 0.3 is 0 Å². The summed E-state index contributed by atoms with van der Waals surface area (Å²) in [7, 11) is 0. The second kappa shape index (κ2) is 3.61. The lowest BCUT2D eigenvalue weighted by Gasteiger charge is -2.24. The van der Waals surface area contributed by atoms with Crippen molar-refractivity contribution >= 4 is 12.2 Å². The third-order valence-electron chi connectivity index (χ3n) is 2.45. The van der Waals surface area contributed by atoms with E-state index in [1.54, 1.807) is 6.33 Å². The summed E-state index contributed by atoms with van der Waals surface area (Å²) in [6, 6.07) is 0.162. The van der Waals surface area contributed by atoms with Crippen LogP contribution in [0.3, 0.4) is 0 Å². The molecule has 0 radical (unpaired) electrons. The topological polar surface area (TPSA) is 64.0 Å². The third kappa shape index (κ3) is 1.53. The zero-order chi connectivity index (χ0) is 9.97. The summed E-state index contributed by atoms with van der Waals surface area (Å²) < 4.78 is 1.81. The number of rotatable bonds is 2. The first-order valence-electron chi connectivity index (χ1n) is 4.55. The highest BCUT2D eigenvalue weighted by Crippen LogP contribution is 2.17.